The number of oxazole rings is 1. The molecule has 0 spiro atoms. The molecule has 2 fully saturated rings. The van der Waals surface area contributed by atoms with Crippen molar-refractivity contribution in [3.05, 3.63) is 17.3 Å². The van der Waals surface area contributed by atoms with Gasteiger partial charge in [-0.3, -0.25) is 0 Å². The van der Waals surface area contributed by atoms with E-state index in [-0.39, 0.29) is 0 Å². The second kappa shape index (κ2) is 4.42. The molecule has 2 saturated heterocycles. The van der Waals surface area contributed by atoms with Crippen LogP contribution in [0.25, 0.3) is 0 Å². The van der Waals surface area contributed by atoms with Gasteiger partial charge in [0, 0.05) is 12.6 Å². The quantitative estimate of drug-likeness (QED) is 0.861. The molecule has 0 saturated carbocycles. The summed E-state index contributed by atoms with van der Waals surface area (Å²) >= 11 is 0. The lowest BCUT2D eigenvalue weighted by Crippen LogP contribution is -2.43. The first-order valence-corrected chi connectivity index (χ1v) is 6.61. The largest absolute Gasteiger partial charge is 0.444 e. The van der Waals surface area contributed by atoms with Crippen molar-refractivity contribution in [3.63, 3.8) is 0 Å². The van der Waals surface area contributed by atoms with Crippen LogP contribution in [0.5, 0.6) is 0 Å². The summed E-state index contributed by atoms with van der Waals surface area (Å²) in [4.78, 5) is 6.99. The van der Waals surface area contributed by atoms with Crippen molar-refractivity contribution >= 4 is 0 Å². The Kier molecular flexibility index (Phi) is 2.92. The molecule has 0 radical (unpaired) electrons. The van der Waals surface area contributed by atoms with Gasteiger partial charge in [-0.05, 0) is 45.7 Å². The van der Waals surface area contributed by atoms with Crippen LogP contribution >= 0.6 is 0 Å². The van der Waals surface area contributed by atoms with Crippen LogP contribution in [0.15, 0.2) is 4.42 Å². The van der Waals surface area contributed by atoms with E-state index in [9.17, 15) is 0 Å². The molecule has 1 aromatic rings. The zero-order valence-electron chi connectivity index (χ0n) is 10.7. The molecule has 0 amide bonds. The standard InChI is InChI=1S/C13H21N3O/c1-9-10(2)17-13(15-9)7-14-12-4-6-16-5-3-11(12)8-16/h11-12,14H,3-8H2,1-2H3. The van der Waals surface area contributed by atoms with Gasteiger partial charge in [-0.2, -0.15) is 0 Å². The van der Waals surface area contributed by atoms with Gasteiger partial charge in [0.25, 0.3) is 0 Å². The molecule has 3 atom stereocenters. The van der Waals surface area contributed by atoms with Crippen molar-refractivity contribution in [2.75, 3.05) is 19.6 Å². The molecule has 2 aliphatic rings. The predicted molar refractivity (Wildman–Crippen MR) is 65.8 cm³/mol. The number of aromatic nitrogens is 1. The summed E-state index contributed by atoms with van der Waals surface area (Å²) in [6.07, 6.45) is 2.62. The Hall–Kier alpha value is -0.870. The minimum Gasteiger partial charge on any atom is -0.444 e. The predicted octanol–water partition coefficient (Wildman–Crippen LogP) is 1.48. The van der Waals surface area contributed by atoms with Gasteiger partial charge in [-0.1, -0.05) is 0 Å². The summed E-state index contributed by atoms with van der Waals surface area (Å²) in [5.41, 5.74) is 1.01. The van der Waals surface area contributed by atoms with Crippen molar-refractivity contribution in [2.45, 2.75) is 39.3 Å². The highest BCUT2D eigenvalue weighted by molar-refractivity contribution is 5.05. The van der Waals surface area contributed by atoms with Crippen LogP contribution in [0.1, 0.15) is 30.2 Å². The number of nitrogens with one attached hydrogen (secondary N) is 1. The maximum atomic E-state index is 5.60. The van der Waals surface area contributed by atoms with Crippen LogP contribution in [-0.4, -0.2) is 35.6 Å². The van der Waals surface area contributed by atoms with Gasteiger partial charge in [0.15, 0.2) is 0 Å². The monoisotopic (exact) mass is 235 g/mol. The molecule has 94 valence electrons. The molecular formula is C13H21N3O. The maximum Gasteiger partial charge on any atom is 0.208 e. The lowest BCUT2D eigenvalue weighted by molar-refractivity contribution is 0.217. The van der Waals surface area contributed by atoms with Gasteiger partial charge in [0.05, 0.1) is 12.2 Å². The van der Waals surface area contributed by atoms with Gasteiger partial charge < -0.3 is 14.6 Å². The molecule has 4 nitrogen and oxygen atoms in total. The summed E-state index contributed by atoms with van der Waals surface area (Å²) in [5.74, 6) is 2.61. The first-order chi connectivity index (χ1) is 8.22. The van der Waals surface area contributed by atoms with Gasteiger partial charge in [-0.15, -0.1) is 0 Å². The minimum atomic E-state index is 0.654. The van der Waals surface area contributed by atoms with Crippen LogP contribution in [0.2, 0.25) is 0 Å². The van der Waals surface area contributed by atoms with E-state index >= 15 is 0 Å². The van der Waals surface area contributed by atoms with Crippen LogP contribution in [0.3, 0.4) is 0 Å². The number of fused-ring (bicyclic) bond motifs is 2. The summed E-state index contributed by atoms with van der Waals surface area (Å²) in [5, 5.41) is 3.62. The number of hydrogen-bond donors (Lipinski definition) is 1. The van der Waals surface area contributed by atoms with Crippen molar-refractivity contribution in [1.29, 1.82) is 0 Å². The van der Waals surface area contributed by atoms with E-state index in [2.05, 4.69) is 15.2 Å². The molecule has 2 aliphatic heterocycles. The van der Waals surface area contributed by atoms with E-state index in [4.69, 9.17) is 4.42 Å². The highest BCUT2D eigenvalue weighted by Crippen LogP contribution is 2.27. The Balaban J connectivity index is 1.57. The van der Waals surface area contributed by atoms with E-state index in [0.717, 1.165) is 29.8 Å². The van der Waals surface area contributed by atoms with Crippen LogP contribution < -0.4 is 5.32 Å². The first kappa shape index (κ1) is 11.2. The smallest absolute Gasteiger partial charge is 0.208 e. The molecular weight excluding hydrogens is 214 g/mol. The average Bonchev–Trinajstić information content (AvgIpc) is 2.84. The molecule has 3 rings (SSSR count). The van der Waals surface area contributed by atoms with Gasteiger partial charge in [0.1, 0.15) is 5.76 Å². The highest BCUT2D eigenvalue weighted by Gasteiger charge is 2.33. The van der Waals surface area contributed by atoms with Crippen LogP contribution in [0.4, 0.5) is 0 Å². The van der Waals surface area contributed by atoms with E-state index < -0.39 is 0 Å². The Morgan fingerprint density at radius 3 is 2.94 bits per heavy atom. The van der Waals surface area contributed by atoms with E-state index in [1.54, 1.807) is 0 Å². The molecule has 4 heteroatoms. The Bertz CT molecular complexity index is 382. The third kappa shape index (κ3) is 2.24. The molecule has 17 heavy (non-hydrogen) atoms. The number of aryl methyl sites for hydroxylation is 2. The average molecular weight is 235 g/mol. The third-order valence-corrected chi connectivity index (χ3v) is 4.22. The molecule has 0 aromatic carbocycles. The lowest BCUT2D eigenvalue weighted by Gasteiger charge is -2.30. The third-order valence-electron chi connectivity index (χ3n) is 4.22. The zero-order valence-corrected chi connectivity index (χ0v) is 10.7. The Morgan fingerprint density at radius 1 is 1.35 bits per heavy atom. The van der Waals surface area contributed by atoms with Crippen molar-refractivity contribution in [1.82, 2.24) is 15.2 Å². The number of hydrogen-bond acceptors (Lipinski definition) is 4. The normalized spacial score (nSPS) is 32.0. The molecule has 2 bridgehead atoms. The fourth-order valence-corrected chi connectivity index (χ4v) is 3.05. The van der Waals surface area contributed by atoms with Gasteiger partial charge in [0.2, 0.25) is 5.89 Å². The Morgan fingerprint density at radius 2 is 2.18 bits per heavy atom. The SMILES string of the molecule is Cc1nc(CNC2CCN3CCC2C3)oc1C. The Labute approximate surface area is 102 Å². The fourth-order valence-electron chi connectivity index (χ4n) is 3.05. The summed E-state index contributed by atoms with van der Waals surface area (Å²) in [6, 6.07) is 0.654. The topological polar surface area (TPSA) is 41.3 Å². The maximum absolute atomic E-state index is 5.60. The van der Waals surface area contributed by atoms with E-state index in [1.165, 1.54) is 32.5 Å². The van der Waals surface area contributed by atoms with Gasteiger partial charge >= 0.3 is 0 Å². The van der Waals surface area contributed by atoms with E-state index in [1.807, 2.05) is 13.8 Å². The number of rotatable bonds is 3. The molecule has 3 unspecified atom stereocenters. The second-order valence-electron chi connectivity index (χ2n) is 5.37. The first-order valence-electron chi connectivity index (χ1n) is 6.61. The molecule has 0 aliphatic carbocycles. The number of piperidine rings is 1. The summed E-state index contributed by atoms with van der Waals surface area (Å²) in [6.45, 7) is 8.56. The van der Waals surface area contributed by atoms with Crippen molar-refractivity contribution in [2.24, 2.45) is 5.92 Å². The van der Waals surface area contributed by atoms with E-state index in [0.29, 0.717) is 6.04 Å². The molecule has 1 N–H and O–H groups in total. The minimum absolute atomic E-state index is 0.654. The lowest BCUT2D eigenvalue weighted by atomic mass is 9.94. The number of nitrogens with zero attached hydrogens (tertiary/aromatic N) is 2. The fraction of sp³-hybridized carbons (Fsp3) is 0.769. The second-order valence-corrected chi connectivity index (χ2v) is 5.37. The highest BCUT2D eigenvalue weighted by atomic mass is 16.4. The van der Waals surface area contributed by atoms with Gasteiger partial charge in [-0.25, -0.2) is 4.98 Å². The summed E-state index contributed by atoms with van der Waals surface area (Å²) < 4.78 is 5.60. The van der Waals surface area contributed by atoms with Crippen LogP contribution in [-0.2, 0) is 6.54 Å². The molecule has 3 heterocycles. The van der Waals surface area contributed by atoms with Crippen molar-refractivity contribution in [3.8, 4) is 0 Å². The van der Waals surface area contributed by atoms with Crippen LogP contribution in [0, 0.1) is 19.8 Å². The van der Waals surface area contributed by atoms with Crippen molar-refractivity contribution < 1.29 is 4.42 Å². The summed E-state index contributed by atoms with van der Waals surface area (Å²) in [7, 11) is 0. The molecule has 1 aromatic heterocycles. The zero-order chi connectivity index (χ0) is 11.8.